The molecule has 3 amide bonds. The van der Waals surface area contributed by atoms with Crippen LogP contribution in [-0.2, 0) is 14.3 Å². The summed E-state index contributed by atoms with van der Waals surface area (Å²) in [4.78, 5) is 42.2. The standard InChI is InChI=1S/C29H49N3O4/c1-12-13-14-17-30-25(33)24(22-16-15-20(4)18-21(22)5)32(28(6,7)8)26(34)23(19(2)3)31-27(35)36-29(9,10)11/h15-16,18-19,23-24H,12-14,17H2,1-11H3,(H,30,33)(H,31,35). The number of hydrogen-bond acceptors (Lipinski definition) is 4. The number of ether oxygens (including phenoxy) is 1. The molecule has 0 spiro atoms. The van der Waals surface area contributed by atoms with Gasteiger partial charge in [0.2, 0.25) is 11.8 Å². The van der Waals surface area contributed by atoms with Crippen LogP contribution in [0.15, 0.2) is 18.2 Å². The van der Waals surface area contributed by atoms with E-state index in [2.05, 4.69) is 17.6 Å². The number of amides is 3. The van der Waals surface area contributed by atoms with Gasteiger partial charge in [0.05, 0.1) is 0 Å². The first-order chi connectivity index (χ1) is 16.5. The molecule has 0 aromatic heterocycles. The van der Waals surface area contributed by atoms with Crippen LogP contribution in [0.5, 0.6) is 0 Å². The molecule has 2 unspecified atom stereocenters. The highest BCUT2D eigenvalue weighted by atomic mass is 16.6. The van der Waals surface area contributed by atoms with Gasteiger partial charge in [-0.15, -0.1) is 0 Å². The van der Waals surface area contributed by atoms with E-state index >= 15 is 0 Å². The van der Waals surface area contributed by atoms with E-state index in [0.29, 0.717) is 6.54 Å². The number of unbranched alkanes of at least 4 members (excludes halogenated alkanes) is 2. The normalized spacial score (nSPS) is 13.7. The largest absolute Gasteiger partial charge is 0.444 e. The van der Waals surface area contributed by atoms with Crippen LogP contribution in [-0.4, -0.2) is 46.5 Å². The maximum Gasteiger partial charge on any atom is 0.408 e. The van der Waals surface area contributed by atoms with E-state index in [9.17, 15) is 14.4 Å². The van der Waals surface area contributed by atoms with Crippen molar-refractivity contribution in [1.29, 1.82) is 0 Å². The SMILES string of the molecule is CCCCCNC(=O)C(c1ccc(C)cc1C)N(C(=O)C(NC(=O)OC(C)(C)C)C(C)C)C(C)(C)C. The first-order valence-corrected chi connectivity index (χ1v) is 13.2. The topological polar surface area (TPSA) is 87.7 Å². The summed E-state index contributed by atoms with van der Waals surface area (Å²) in [5.74, 6) is -0.764. The van der Waals surface area contributed by atoms with Crippen LogP contribution in [0, 0.1) is 19.8 Å². The third-order valence-electron chi connectivity index (χ3n) is 5.87. The van der Waals surface area contributed by atoms with Gasteiger partial charge in [-0.3, -0.25) is 9.59 Å². The van der Waals surface area contributed by atoms with E-state index in [1.807, 2.05) is 66.7 Å². The Labute approximate surface area is 218 Å². The Hall–Kier alpha value is -2.57. The van der Waals surface area contributed by atoms with Gasteiger partial charge in [0, 0.05) is 12.1 Å². The second-order valence-electron chi connectivity index (χ2n) is 12.0. The average Bonchev–Trinajstić information content (AvgIpc) is 2.71. The Bertz CT molecular complexity index is 897. The zero-order chi connectivity index (χ0) is 27.8. The highest BCUT2D eigenvalue weighted by Gasteiger charge is 2.43. The minimum Gasteiger partial charge on any atom is -0.444 e. The predicted molar refractivity (Wildman–Crippen MR) is 146 cm³/mol. The zero-order valence-corrected chi connectivity index (χ0v) is 24.4. The summed E-state index contributed by atoms with van der Waals surface area (Å²) in [5.41, 5.74) is 1.39. The number of nitrogens with one attached hydrogen (secondary N) is 2. The fourth-order valence-electron chi connectivity index (χ4n) is 4.16. The molecule has 0 aliphatic rings. The van der Waals surface area contributed by atoms with Gasteiger partial charge in [-0.25, -0.2) is 4.79 Å². The second kappa shape index (κ2) is 13.1. The molecule has 7 nitrogen and oxygen atoms in total. The molecule has 204 valence electrons. The van der Waals surface area contributed by atoms with Crippen LogP contribution in [0.3, 0.4) is 0 Å². The third-order valence-corrected chi connectivity index (χ3v) is 5.87. The fourth-order valence-corrected chi connectivity index (χ4v) is 4.16. The molecule has 0 heterocycles. The lowest BCUT2D eigenvalue weighted by atomic mass is 9.91. The molecular formula is C29H49N3O4. The Morgan fingerprint density at radius 3 is 2.08 bits per heavy atom. The predicted octanol–water partition coefficient (Wildman–Crippen LogP) is 5.83. The van der Waals surface area contributed by atoms with Crippen LogP contribution in [0.1, 0.15) is 104 Å². The number of carbonyl (C=O) groups is 3. The summed E-state index contributed by atoms with van der Waals surface area (Å²) in [6.07, 6.45) is 2.29. The summed E-state index contributed by atoms with van der Waals surface area (Å²) in [6, 6.07) is 4.21. The van der Waals surface area contributed by atoms with Gasteiger partial charge < -0.3 is 20.3 Å². The van der Waals surface area contributed by atoms with Crippen LogP contribution in [0.2, 0.25) is 0 Å². The molecule has 7 heteroatoms. The lowest BCUT2D eigenvalue weighted by Gasteiger charge is -2.44. The average molecular weight is 504 g/mol. The Kier molecular flexibility index (Phi) is 11.5. The van der Waals surface area contributed by atoms with Crippen molar-refractivity contribution in [3.8, 4) is 0 Å². The van der Waals surface area contributed by atoms with Crippen LogP contribution < -0.4 is 10.6 Å². The molecule has 36 heavy (non-hydrogen) atoms. The van der Waals surface area contributed by atoms with Crippen molar-refractivity contribution in [3.63, 3.8) is 0 Å². The van der Waals surface area contributed by atoms with Gasteiger partial charge in [0.1, 0.15) is 17.7 Å². The number of benzene rings is 1. The summed E-state index contributed by atoms with van der Waals surface area (Å²) in [6.45, 7) is 21.4. The van der Waals surface area contributed by atoms with Gasteiger partial charge in [-0.05, 0) is 78.9 Å². The monoisotopic (exact) mass is 503 g/mol. The Balaban J connectivity index is 3.54. The highest BCUT2D eigenvalue weighted by molar-refractivity contribution is 5.93. The quantitative estimate of drug-likeness (QED) is 0.393. The third kappa shape index (κ3) is 9.47. The van der Waals surface area contributed by atoms with Crippen molar-refractivity contribution in [2.24, 2.45) is 5.92 Å². The van der Waals surface area contributed by atoms with Crippen LogP contribution >= 0.6 is 0 Å². The number of carbonyl (C=O) groups excluding carboxylic acids is 3. The first-order valence-electron chi connectivity index (χ1n) is 13.2. The van der Waals surface area contributed by atoms with Crippen LogP contribution in [0.4, 0.5) is 4.79 Å². The number of nitrogens with zero attached hydrogens (tertiary/aromatic N) is 1. The molecule has 0 bridgehead atoms. The first kappa shape index (κ1) is 31.5. The lowest BCUT2D eigenvalue weighted by Crippen LogP contribution is -2.60. The maximum atomic E-state index is 14.2. The van der Waals surface area contributed by atoms with Gasteiger partial charge >= 0.3 is 6.09 Å². The molecule has 1 aromatic rings. The molecule has 0 saturated carbocycles. The second-order valence-corrected chi connectivity index (χ2v) is 12.0. The summed E-state index contributed by atoms with van der Waals surface area (Å²) >= 11 is 0. The highest BCUT2D eigenvalue weighted by Crippen LogP contribution is 2.33. The molecule has 1 aromatic carbocycles. The van der Waals surface area contributed by atoms with Gasteiger partial charge in [-0.2, -0.15) is 0 Å². The molecule has 0 aliphatic heterocycles. The van der Waals surface area contributed by atoms with Crippen molar-refractivity contribution in [1.82, 2.24) is 15.5 Å². The summed E-state index contributed by atoms with van der Waals surface area (Å²) in [7, 11) is 0. The number of alkyl carbamates (subject to hydrolysis) is 1. The van der Waals surface area contributed by atoms with E-state index in [4.69, 9.17) is 4.74 Å². The molecule has 2 N–H and O–H groups in total. The molecule has 2 atom stereocenters. The number of rotatable bonds is 10. The molecule has 0 fully saturated rings. The molecule has 0 saturated heterocycles. The van der Waals surface area contributed by atoms with E-state index in [-0.39, 0.29) is 17.7 Å². The maximum absolute atomic E-state index is 14.2. The van der Waals surface area contributed by atoms with E-state index < -0.39 is 29.3 Å². The van der Waals surface area contributed by atoms with Crippen molar-refractivity contribution >= 4 is 17.9 Å². The van der Waals surface area contributed by atoms with Crippen molar-refractivity contribution < 1.29 is 19.1 Å². The van der Waals surface area contributed by atoms with Gasteiger partial charge in [0.15, 0.2) is 0 Å². The van der Waals surface area contributed by atoms with Crippen molar-refractivity contribution in [2.45, 2.75) is 119 Å². The van der Waals surface area contributed by atoms with Crippen molar-refractivity contribution in [3.05, 3.63) is 34.9 Å². The molecular weight excluding hydrogens is 454 g/mol. The van der Waals surface area contributed by atoms with Crippen LogP contribution in [0.25, 0.3) is 0 Å². The summed E-state index contributed by atoms with van der Waals surface area (Å²) in [5, 5.41) is 5.83. The zero-order valence-electron chi connectivity index (χ0n) is 24.4. The number of hydrogen-bond donors (Lipinski definition) is 2. The number of aryl methyl sites for hydroxylation is 2. The smallest absolute Gasteiger partial charge is 0.408 e. The van der Waals surface area contributed by atoms with E-state index in [1.54, 1.807) is 25.7 Å². The van der Waals surface area contributed by atoms with Gasteiger partial charge in [0.25, 0.3) is 0 Å². The van der Waals surface area contributed by atoms with Gasteiger partial charge in [-0.1, -0.05) is 57.4 Å². The van der Waals surface area contributed by atoms with E-state index in [0.717, 1.165) is 36.0 Å². The van der Waals surface area contributed by atoms with E-state index in [1.165, 1.54) is 0 Å². The molecule has 0 radical (unpaired) electrons. The fraction of sp³-hybridized carbons (Fsp3) is 0.690. The lowest BCUT2D eigenvalue weighted by molar-refractivity contribution is -0.149. The van der Waals surface area contributed by atoms with Crippen molar-refractivity contribution in [2.75, 3.05) is 6.54 Å². The Morgan fingerprint density at radius 2 is 1.61 bits per heavy atom. The Morgan fingerprint density at radius 1 is 1.00 bits per heavy atom. The minimum atomic E-state index is -0.861. The summed E-state index contributed by atoms with van der Waals surface area (Å²) < 4.78 is 5.43. The minimum absolute atomic E-state index is 0.220. The molecule has 0 aliphatic carbocycles. The molecule has 1 rings (SSSR count).